The number of ether oxygens (including phenoxy) is 1. The number of nitrogens with one attached hydrogen (secondary N) is 1. The minimum absolute atomic E-state index is 0.347. The molecule has 0 unspecified atom stereocenters. The van der Waals surface area contributed by atoms with E-state index in [4.69, 9.17) is 0 Å². The van der Waals surface area contributed by atoms with Gasteiger partial charge in [0.15, 0.2) is 0 Å². The molecule has 1 N–H and O–H groups in total. The Balaban J connectivity index is 3.50. The van der Waals surface area contributed by atoms with E-state index in [-0.39, 0.29) is 0 Å². The highest BCUT2D eigenvalue weighted by Gasteiger charge is 1.92. The summed E-state index contributed by atoms with van der Waals surface area (Å²) in [6.45, 7) is 5.71. The van der Waals surface area contributed by atoms with Crippen molar-refractivity contribution in [2.75, 3.05) is 13.2 Å². The second-order valence-electron chi connectivity index (χ2n) is 2.15. The van der Waals surface area contributed by atoms with Gasteiger partial charge in [-0.05, 0) is 13.3 Å². The van der Waals surface area contributed by atoms with E-state index < -0.39 is 0 Å². The van der Waals surface area contributed by atoms with Crippen molar-refractivity contribution in [3.05, 3.63) is 11.8 Å². The Hall–Kier alpha value is -0.990. The highest BCUT2D eigenvalue weighted by Crippen LogP contribution is 1.89. The molecule has 0 aromatic rings. The summed E-state index contributed by atoms with van der Waals surface area (Å²) in [4.78, 5) is 9.82. The van der Waals surface area contributed by atoms with Crippen LogP contribution in [0.4, 0.5) is 0 Å². The van der Waals surface area contributed by atoms with Crippen molar-refractivity contribution in [3.63, 3.8) is 0 Å². The summed E-state index contributed by atoms with van der Waals surface area (Å²) >= 11 is 0. The maximum absolute atomic E-state index is 9.82. The molecule has 0 aliphatic heterocycles. The van der Waals surface area contributed by atoms with Crippen LogP contribution in [0.1, 0.15) is 20.3 Å². The fraction of sp³-hybridized carbons (Fsp3) is 0.625. The van der Waals surface area contributed by atoms with Crippen LogP contribution in [0.25, 0.3) is 0 Å². The SMILES string of the molecule is CC=C(COC=O)NCCC. The lowest BCUT2D eigenvalue weighted by molar-refractivity contribution is -0.127. The molecule has 11 heavy (non-hydrogen) atoms. The largest absolute Gasteiger partial charge is 0.462 e. The zero-order chi connectivity index (χ0) is 8.53. The number of hydrogen-bond donors (Lipinski definition) is 1. The minimum Gasteiger partial charge on any atom is -0.462 e. The Bertz CT molecular complexity index is 132. The van der Waals surface area contributed by atoms with Crippen molar-refractivity contribution in [1.82, 2.24) is 5.32 Å². The molecule has 64 valence electrons. The monoisotopic (exact) mass is 157 g/mol. The topological polar surface area (TPSA) is 38.3 Å². The minimum atomic E-state index is 0.347. The molecule has 0 aromatic carbocycles. The lowest BCUT2D eigenvalue weighted by Gasteiger charge is -2.07. The van der Waals surface area contributed by atoms with E-state index in [1.807, 2.05) is 13.0 Å². The van der Waals surface area contributed by atoms with Crippen LogP contribution in [0.3, 0.4) is 0 Å². The molecule has 0 aromatic heterocycles. The summed E-state index contributed by atoms with van der Waals surface area (Å²) in [5.74, 6) is 0. The van der Waals surface area contributed by atoms with Gasteiger partial charge in [0.05, 0.1) is 0 Å². The van der Waals surface area contributed by atoms with E-state index in [2.05, 4.69) is 17.0 Å². The smallest absolute Gasteiger partial charge is 0.293 e. The fourth-order valence-electron chi connectivity index (χ4n) is 0.646. The number of rotatable bonds is 6. The van der Waals surface area contributed by atoms with Crippen molar-refractivity contribution in [3.8, 4) is 0 Å². The first kappa shape index (κ1) is 10.0. The van der Waals surface area contributed by atoms with Gasteiger partial charge in [0, 0.05) is 12.2 Å². The van der Waals surface area contributed by atoms with Gasteiger partial charge in [-0.25, -0.2) is 0 Å². The van der Waals surface area contributed by atoms with Crippen molar-refractivity contribution < 1.29 is 9.53 Å². The molecule has 0 aliphatic rings. The third kappa shape index (κ3) is 5.45. The quantitative estimate of drug-likeness (QED) is 0.586. The summed E-state index contributed by atoms with van der Waals surface area (Å²) in [5.41, 5.74) is 0.957. The molecular weight excluding hydrogens is 142 g/mol. The highest BCUT2D eigenvalue weighted by atomic mass is 16.5. The zero-order valence-electron chi connectivity index (χ0n) is 7.09. The van der Waals surface area contributed by atoms with Crippen LogP contribution < -0.4 is 5.32 Å². The van der Waals surface area contributed by atoms with E-state index in [1.54, 1.807) is 0 Å². The molecule has 0 fully saturated rings. The number of carbonyl (C=O) groups excluding carboxylic acids is 1. The molecule has 0 saturated heterocycles. The van der Waals surface area contributed by atoms with Gasteiger partial charge in [0.2, 0.25) is 0 Å². The average Bonchev–Trinajstić information content (AvgIpc) is 2.05. The second kappa shape index (κ2) is 7.12. The predicted octanol–water partition coefficient (Wildman–Crippen LogP) is 1.06. The van der Waals surface area contributed by atoms with Crippen LogP contribution in [0.5, 0.6) is 0 Å². The average molecular weight is 157 g/mol. The first-order valence-electron chi connectivity index (χ1n) is 3.79. The van der Waals surface area contributed by atoms with E-state index in [0.717, 1.165) is 18.7 Å². The maximum atomic E-state index is 9.82. The van der Waals surface area contributed by atoms with E-state index in [0.29, 0.717) is 13.1 Å². The van der Waals surface area contributed by atoms with Crippen molar-refractivity contribution >= 4 is 6.47 Å². The van der Waals surface area contributed by atoms with Crippen LogP contribution in [0.15, 0.2) is 11.8 Å². The van der Waals surface area contributed by atoms with Gasteiger partial charge in [0.1, 0.15) is 6.61 Å². The van der Waals surface area contributed by atoms with Crippen molar-refractivity contribution in [1.29, 1.82) is 0 Å². The van der Waals surface area contributed by atoms with Crippen molar-refractivity contribution in [2.45, 2.75) is 20.3 Å². The normalized spacial score (nSPS) is 10.9. The Morgan fingerprint density at radius 3 is 2.82 bits per heavy atom. The highest BCUT2D eigenvalue weighted by molar-refractivity contribution is 5.37. The summed E-state index contributed by atoms with van der Waals surface area (Å²) in [5, 5.41) is 3.13. The van der Waals surface area contributed by atoms with Crippen LogP contribution in [-0.4, -0.2) is 19.6 Å². The van der Waals surface area contributed by atoms with Gasteiger partial charge >= 0.3 is 0 Å². The summed E-state index contributed by atoms with van der Waals surface area (Å²) in [7, 11) is 0. The third-order valence-electron chi connectivity index (χ3n) is 1.26. The number of allylic oxidation sites excluding steroid dienone is 1. The van der Waals surface area contributed by atoms with Gasteiger partial charge in [-0.15, -0.1) is 0 Å². The molecule has 0 saturated carbocycles. The molecular formula is C8H15NO2. The Kier molecular flexibility index (Phi) is 6.48. The molecule has 3 heteroatoms. The molecule has 0 spiro atoms. The molecule has 0 bridgehead atoms. The van der Waals surface area contributed by atoms with E-state index in [9.17, 15) is 4.79 Å². The van der Waals surface area contributed by atoms with Gasteiger partial charge in [-0.3, -0.25) is 4.79 Å². The molecule has 0 amide bonds. The Morgan fingerprint density at radius 1 is 1.64 bits per heavy atom. The summed E-state index contributed by atoms with van der Waals surface area (Å²) < 4.78 is 4.57. The summed E-state index contributed by atoms with van der Waals surface area (Å²) in [6, 6.07) is 0. The predicted molar refractivity (Wildman–Crippen MR) is 44.1 cm³/mol. The van der Waals surface area contributed by atoms with E-state index in [1.165, 1.54) is 0 Å². The van der Waals surface area contributed by atoms with Crippen LogP contribution >= 0.6 is 0 Å². The second-order valence-corrected chi connectivity index (χ2v) is 2.15. The van der Waals surface area contributed by atoms with Crippen molar-refractivity contribution in [2.24, 2.45) is 0 Å². The molecule has 0 atom stereocenters. The lowest BCUT2D eigenvalue weighted by Crippen LogP contribution is -2.17. The molecule has 0 rings (SSSR count). The molecule has 0 radical (unpaired) electrons. The zero-order valence-corrected chi connectivity index (χ0v) is 7.09. The lowest BCUT2D eigenvalue weighted by atomic mass is 10.4. The number of hydrogen-bond acceptors (Lipinski definition) is 3. The third-order valence-corrected chi connectivity index (χ3v) is 1.26. The van der Waals surface area contributed by atoms with Crippen LogP contribution in [0.2, 0.25) is 0 Å². The maximum Gasteiger partial charge on any atom is 0.293 e. The fourth-order valence-corrected chi connectivity index (χ4v) is 0.646. The Labute approximate surface area is 67.4 Å². The molecule has 0 aliphatic carbocycles. The van der Waals surface area contributed by atoms with Crippen LogP contribution in [-0.2, 0) is 9.53 Å². The van der Waals surface area contributed by atoms with Gasteiger partial charge < -0.3 is 10.1 Å². The van der Waals surface area contributed by atoms with Crippen LogP contribution in [0, 0.1) is 0 Å². The van der Waals surface area contributed by atoms with Gasteiger partial charge in [0.25, 0.3) is 6.47 Å². The first-order chi connectivity index (χ1) is 5.35. The standard InChI is InChI=1S/C8H15NO2/c1-3-5-9-8(4-2)6-11-7-10/h4,7,9H,3,5-6H2,1-2H3. The van der Waals surface area contributed by atoms with Gasteiger partial charge in [-0.1, -0.05) is 13.0 Å². The Morgan fingerprint density at radius 2 is 2.36 bits per heavy atom. The first-order valence-corrected chi connectivity index (χ1v) is 3.79. The summed E-state index contributed by atoms with van der Waals surface area (Å²) in [6.07, 6.45) is 2.97. The molecule has 3 nitrogen and oxygen atoms in total. The van der Waals surface area contributed by atoms with E-state index >= 15 is 0 Å². The molecule has 0 heterocycles. The van der Waals surface area contributed by atoms with Gasteiger partial charge in [-0.2, -0.15) is 0 Å². The number of carbonyl (C=O) groups is 1.